The lowest BCUT2D eigenvalue weighted by Crippen LogP contribution is -2.28. The van der Waals surface area contributed by atoms with E-state index in [9.17, 15) is 19.8 Å². The van der Waals surface area contributed by atoms with Gasteiger partial charge in [-0.2, -0.15) is 0 Å². The lowest BCUT2D eigenvalue weighted by Gasteiger charge is -2.08. The topological polar surface area (TPSA) is 157 Å². The Morgan fingerprint density at radius 2 is 1.74 bits per heavy atom. The number of ether oxygens (including phenoxy) is 1. The molecule has 174 valence electrons. The predicted octanol–water partition coefficient (Wildman–Crippen LogP) is 3.19. The maximum atomic E-state index is 12.2. The van der Waals surface area contributed by atoms with Crippen molar-refractivity contribution in [1.29, 1.82) is 0 Å². The fourth-order valence-electron chi connectivity index (χ4n) is 3.39. The highest BCUT2D eigenvalue weighted by molar-refractivity contribution is 5.95. The van der Waals surface area contributed by atoms with Gasteiger partial charge in [0.25, 0.3) is 5.91 Å². The summed E-state index contributed by atoms with van der Waals surface area (Å²) in [5, 5.41) is 34.7. The van der Waals surface area contributed by atoms with E-state index < -0.39 is 5.97 Å². The molecule has 0 radical (unpaired) electrons. The third-order valence-electron chi connectivity index (χ3n) is 5.16. The second-order valence-electron chi connectivity index (χ2n) is 7.43. The molecule has 10 heteroatoms. The highest BCUT2D eigenvalue weighted by Gasteiger charge is 2.14. The van der Waals surface area contributed by atoms with Crippen molar-refractivity contribution >= 4 is 28.6 Å². The van der Waals surface area contributed by atoms with Crippen molar-refractivity contribution in [2.75, 3.05) is 25.5 Å². The first-order valence-electron chi connectivity index (χ1n) is 10.3. The molecule has 34 heavy (non-hydrogen) atoms. The molecule has 0 aliphatic carbocycles. The molecule has 0 aliphatic rings. The number of aromatic nitrogens is 2. The van der Waals surface area contributed by atoms with Crippen LogP contribution < -0.4 is 15.4 Å². The molecule has 0 saturated carbocycles. The number of aromatic carboxylic acids is 1. The minimum absolute atomic E-state index is 0.122. The van der Waals surface area contributed by atoms with Gasteiger partial charge in [0.1, 0.15) is 5.82 Å². The first-order valence-corrected chi connectivity index (χ1v) is 10.3. The molecular formula is C24H22N4O6. The number of hydrogen-bond acceptors (Lipinski definition) is 7. The number of fused-ring (bicyclic) bond motifs is 1. The summed E-state index contributed by atoms with van der Waals surface area (Å²) in [7, 11) is 1.40. The second kappa shape index (κ2) is 9.41. The normalized spacial score (nSPS) is 10.7. The Morgan fingerprint density at radius 3 is 2.44 bits per heavy atom. The third-order valence-corrected chi connectivity index (χ3v) is 5.16. The zero-order chi connectivity index (χ0) is 24.2. The summed E-state index contributed by atoms with van der Waals surface area (Å²) in [5.41, 5.74) is 3.34. The van der Waals surface area contributed by atoms with Gasteiger partial charge in [-0.1, -0.05) is 0 Å². The lowest BCUT2D eigenvalue weighted by atomic mass is 10.1. The number of nitrogens with one attached hydrogen (secondary N) is 3. The Balaban J connectivity index is 1.38. The van der Waals surface area contributed by atoms with Crippen LogP contribution in [0.25, 0.3) is 22.4 Å². The number of amides is 1. The van der Waals surface area contributed by atoms with Crippen LogP contribution in [0, 0.1) is 0 Å². The Labute approximate surface area is 193 Å². The van der Waals surface area contributed by atoms with E-state index in [4.69, 9.17) is 9.84 Å². The maximum Gasteiger partial charge on any atom is 0.335 e. The van der Waals surface area contributed by atoms with Crippen LogP contribution in [0.1, 0.15) is 20.7 Å². The Hall–Kier alpha value is -4.73. The van der Waals surface area contributed by atoms with Gasteiger partial charge in [0, 0.05) is 29.9 Å². The van der Waals surface area contributed by atoms with Crippen molar-refractivity contribution < 1.29 is 29.6 Å². The van der Waals surface area contributed by atoms with Gasteiger partial charge < -0.3 is 35.7 Å². The Morgan fingerprint density at radius 1 is 1.00 bits per heavy atom. The van der Waals surface area contributed by atoms with E-state index in [0.29, 0.717) is 35.6 Å². The molecule has 3 aromatic carbocycles. The van der Waals surface area contributed by atoms with Crippen molar-refractivity contribution in [3.63, 3.8) is 0 Å². The number of imidazole rings is 1. The first-order chi connectivity index (χ1) is 16.4. The van der Waals surface area contributed by atoms with Gasteiger partial charge >= 0.3 is 5.97 Å². The number of hydrogen-bond donors (Lipinski definition) is 6. The van der Waals surface area contributed by atoms with Gasteiger partial charge in [-0.25, -0.2) is 9.78 Å². The minimum Gasteiger partial charge on any atom is -0.504 e. The molecule has 0 spiro atoms. The van der Waals surface area contributed by atoms with Crippen molar-refractivity contribution in [3.05, 3.63) is 65.7 Å². The second-order valence-corrected chi connectivity index (χ2v) is 7.43. The van der Waals surface area contributed by atoms with Crippen LogP contribution in [0.5, 0.6) is 17.2 Å². The van der Waals surface area contributed by atoms with Gasteiger partial charge in [0.15, 0.2) is 11.5 Å². The molecule has 4 rings (SSSR count). The molecule has 0 unspecified atom stereocenters. The number of methoxy groups -OCH3 is 1. The summed E-state index contributed by atoms with van der Waals surface area (Å²) in [5.74, 6) is -1.34. The van der Waals surface area contributed by atoms with E-state index in [1.54, 1.807) is 6.07 Å². The largest absolute Gasteiger partial charge is 0.504 e. The van der Waals surface area contributed by atoms with E-state index in [-0.39, 0.29) is 28.7 Å². The van der Waals surface area contributed by atoms with Gasteiger partial charge in [0.2, 0.25) is 5.75 Å². The van der Waals surface area contributed by atoms with Gasteiger partial charge in [-0.3, -0.25) is 4.79 Å². The standard InChI is InChI=1S/C24H22N4O6/c1-34-20-11-15(10-19(29)21(20)30)22-27-17-7-6-16(12-18(17)28-22)25-8-9-26-23(31)13-2-4-14(5-3-13)24(32)33/h2-7,10-12,25,29-30H,8-9H2,1H3,(H,26,31)(H,27,28)(H,32,33). The molecule has 0 atom stereocenters. The monoisotopic (exact) mass is 462 g/mol. The van der Waals surface area contributed by atoms with Crippen molar-refractivity contribution in [2.45, 2.75) is 0 Å². The van der Waals surface area contributed by atoms with Crippen molar-refractivity contribution in [2.24, 2.45) is 0 Å². The molecular weight excluding hydrogens is 440 g/mol. The number of carbonyl (C=O) groups excluding carboxylic acids is 1. The van der Waals surface area contributed by atoms with Gasteiger partial charge in [-0.15, -0.1) is 0 Å². The maximum absolute atomic E-state index is 12.2. The quantitative estimate of drug-likeness (QED) is 0.172. The zero-order valence-corrected chi connectivity index (χ0v) is 18.1. The zero-order valence-electron chi connectivity index (χ0n) is 18.1. The fourth-order valence-corrected chi connectivity index (χ4v) is 3.39. The van der Waals surface area contributed by atoms with E-state index in [1.807, 2.05) is 18.2 Å². The Bertz CT molecular complexity index is 1360. The highest BCUT2D eigenvalue weighted by atomic mass is 16.5. The number of H-pyrrole nitrogens is 1. The highest BCUT2D eigenvalue weighted by Crippen LogP contribution is 2.39. The molecule has 0 bridgehead atoms. The van der Waals surface area contributed by atoms with Crippen LogP contribution in [0.2, 0.25) is 0 Å². The number of anilines is 1. The smallest absolute Gasteiger partial charge is 0.335 e. The number of nitrogens with zero attached hydrogens (tertiary/aromatic N) is 1. The average molecular weight is 462 g/mol. The molecule has 4 aromatic rings. The number of phenolic OH excluding ortho intramolecular Hbond substituents is 2. The number of benzene rings is 3. The summed E-state index contributed by atoms with van der Waals surface area (Å²) in [6.07, 6.45) is 0. The Kier molecular flexibility index (Phi) is 6.22. The summed E-state index contributed by atoms with van der Waals surface area (Å²) >= 11 is 0. The first kappa shape index (κ1) is 22.5. The molecule has 6 N–H and O–H groups in total. The van der Waals surface area contributed by atoms with E-state index >= 15 is 0 Å². The molecule has 1 heterocycles. The van der Waals surface area contributed by atoms with Crippen molar-refractivity contribution in [1.82, 2.24) is 15.3 Å². The fraction of sp³-hybridized carbons (Fsp3) is 0.125. The van der Waals surface area contributed by atoms with Gasteiger partial charge in [0.05, 0.1) is 23.7 Å². The van der Waals surface area contributed by atoms with Gasteiger partial charge in [-0.05, 0) is 54.6 Å². The molecule has 0 aliphatic heterocycles. The third kappa shape index (κ3) is 4.70. The van der Waals surface area contributed by atoms with Crippen molar-refractivity contribution in [3.8, 4) is 28.6 Å². The average Bonchev–Trinajstić information content (AvgIpc) is 3.27. The van der Waals surface area contributed by atoms with Crippen LogP contribution >= 0.6 is 0 Å². The summed E-state index contributed by atoms with van der Waals surface area (Å²) in [6, 6.07) is 14.2. The van der Waals surface area contributed by atoms with Crippen LogP contribution in [-0.4, -0.2) is 57.4 Å². The summed E-state index contributed by atoms with van der Waals surface area (Å²) in [4.78, 5) is 30.8. The van der Waals surface area contributed by atoms with Crippen LogP contribution in [0.3, 0.4) is 0 Å². The molecule has 10 nitrogen and oxygen atoms in total. The summed E-state index contributed by atoms with van der Waals surface area (Å²) < 4.78 is 5.08. The number of phenols is 2. The number of carboxylic acids is 1. The SMILES string of the molecule is COc1cc(-c2nc3ccc(NCCNC(=O)c4ccc(C(=O)O)cc4)cc3[nH]2)cc(O)c1O. The number of rotatable bonds is 8. The van der Waals surface area contributed by atoms with E-state index in [1.165, 1.54) is 37.4 Å². The van der Waals surface area contributed by atoms with Crippen LogP contribution in [-0.2, 0) is 0 Å². The molecule has 1 aromatic heterocycles. The molecule has 0 saturated heterocycles. The number of carbonyl (C=O) groups is 2. The van der Waals surface area contributed by atoms with E-state index in [0.717, 1.165) is 11.2 Å². The summed E-state index contributed by atoms with van der Waals surface area (Å²) in [6.45, 7) is 0.826. The van der Waals surface area contributed by atoms with Crippen LogP contribution in [0.4, 0.5) is 5.69 Å². The number of aromatic amines is 1. The molecule has 0 fully saturated rings. The molecule has 1 amide bonds. The van der Waals surface area contributed by atoms with E-state index in [2.05, 4.69) is 20.6 Å². The number of carboxylic acid groups (broad SMARTS) is 1. The predicted molar refractivity (Wildman–Crippen MR) is 126 cm³/mol. The minimum atomic E-state index is -1.04. The number of aromatic hydroxyl groups is 2. The lowest BCUT2D eigenvalue weighted by molar-refractivity contribution is 0.0696. The van der Waals surface area contributed by atoms with Crippen LogP contribution in [0.15, 0.2) is 54.6 Å².